The van der Waals surface area contributed by atoms with E-state index in [1.807, 2.05) is 36.6 Å². The van der Waals surface area contributed by atoms with Crippen LogP contribution in [-0.2, 0) is 0 Å². The van der Waals surface area contributed by atoms with Gasteiger partial charge in [-0.2, -0.15) is 0 Å². The van der Waals surface area contributed by atoms with Crippen molar-refractivity contribution >= 4 is 50.2 Å². The molecule has 21 heavy (non-hydrogen) atoms. The van der Waals surface area contributed by atoms with Gasteiger partial charge in [-0.15, -0.1) is 11.6 Å². The first-order chi connectivity index (χ1) is 9.99. The van der Waals surface area contributed by atoms with E-state index >= 15 is 0 Å². The summed E-state index contributed by atoms with van der Waals surface area (Å²) >= 11 is 16.2. The number of benzene rings is 1. The van der Waals surface area contributed by atoms with Crippen LogP contribution in [0.1, 0.15) is 23.7 Å². The van der Waals surface area contributed by atoms with E-state index in [-0.39, 0.29) is 5.38 Å². The fourth-order valence-electron chi connectivity index (χ4n) is 2.28. The van der Waals surface area contributed by atoms with E-state index in [0.29, 0.717) is 5.02 Å². The van der Waals surface area contributed by atoms with Gasteiger partial charge in [0.15, 0.2) is 0 Å². The minimum Gasteiger partial charge on any atom is -0.294 e. The van der Waals surface area contributed by atoms with E-state index in [1.54, 1.807) is 12.4 Å². The fraction of sp³-hybridized carbons (Fsp3) is 0.200. The molecule has 2 aromatic heterocycles. The van der Waals surface area contributed by atoms with Crippen molar-refractivity contribution in [1.29, 1.82) is 0 Å². The molecule has 3 aromatic rings. The fourth-order valence-corrected chi connectivity index (χ4v) is 3.22. The van der Waals surface area contributed by atoms with Crippen molar-refractivity contribution in [3.05, 3.63) is 51.5 Å². The molecule has 0 aliphatic carbocycles. The van der Waals surface area contributed by atoms with Gasteiger partial charge < -0.3 is 0 Å². The quantitative estimate of drug-likeness (QED) is 0.550. The second kappa shape index (κ2) is 5.59. The van der Waals surface area contributed by atoms with Crippen LogP contribution in [0.15, 0.2) is 35.1 Å². The van der Waals surface area contributed by atoms with Gasteiger partial charge in [0.1, 0.15) is 11.3 Å². The topological polar surface area (TPSA) is 30.7 Å². The lowest BCUT2D eigenvalue weighted by molar-refractivity contribution is 0.880. The van der Waals surface area contributed by atoms with Gasteiger partial charge in [-0.25, -0.2) is 4.98 Å². The van der Waals surface area contributed by atoms with Gasteiger partial charge in [0.05, 0.1) is 22.8 Å². The Kier molecular flexibility index (Phi) is 3.95. The highest BCUT2D eigenvalue weighted by molar-refractivity contribution is 9.10. The number of fused-ring (bicyclic) bond motifs is 1. The highest BCUT2D eigenvalue weighted by Gasteiger charge is 2.18. The molecule has 0 aliphatic rings. The molecule has 0 saturated carbocycles. The Labute approximate surface area is 141 Å². The molecule has 3 rings (SSSR count). The second-order valence-corrected chi connectivity index (χ2v) is 6.75. The number of nitrogens with zero attached hydrogens (tertiary/aromatic N) is 3. The predicted molar refractivity (Wildman–Crippen MR) is 90.6 cm³/mol. The van der Waals surface area contributed by atoms with Gasteiger partial charge in [0.25, 0.3) is 0 Å². The average Bonchev–Trinajstić information content (AvgIpc) is 2.82. The summed E-state index contributed by atoms with van der Waals surface area (Å²) in [6, 6.07) is 5.84. The van der Waals surface area contributed by atoms with Crippen molar-refractivity contribution in [2.45, 2.75) is 19.2 Å². The Morgan fingerprint density at radius 3 is 2.81 bits per heavy atom. The van der Waals surface area contributed by atoms with E-state index in [2.05, 4.69) is 25.9 Å². The molecule has 0 amide bonds. The third kappa shape index (κ3) is 2.56. The second-order valence-electron chi connectivity index (χ2n) is 4.84. The van der Waals surface area contributed by atoms with Gasteiger partial charge in [-0.05, 0) is 53.5 Å². The molecule has 0 N–H and O–H groups in total. The van der Waals surface area contributed by atoms with Crippen LogP contribution < -0.4 is 0 Å². The summed E-state index contributed by atoms with van der Waals surface area (Å²) in [5.74, 6) is 0.764. The molecule has 108 valence electrons. The summed E-state index contributed by atoms with van der Waals surface area (Å²) in [6.45, 7) is 3.87. The average molecular weight is 385 g/mol. The molecule has 0 aliphatic heterocycles. The van der Waals surface area contributed by atoms with E-state index < -0.39 is 0 Å². The van der Waals surface area contributed by atoms with E-state index in [1.165, 1.54) is 0 Å². The molecule has 0 fully saturated rings. The number of pyridine rings is 1. The van der Waals surface area contributed by atoms with Gasteiger partial charge in [-0.1, -0.05) is 11.6 Å². The van der Waals surface area contributed by atoms with Crippen LogP contribution in [0.2, 0.25) is 5.02 Å². The molecule has 0 radical (unpaired) electrons. The summed E-state index contributed by atoms with van der Waals surface area (Å²) in [5, 5.41) is 0.474. The number of halogens is 3. The summed E-state index contributed by atoms with van der Waals surface area (Å²) in [4.78, 5) is 8.70. The first-order valence-corrected chi connectivity index (χ1v) is 8.02. The highest BCUT2D eigenvalue weighted by atomic mass is 79.9. The van der Waals surface area contributed by atoms with Crippen molar-refractivity contribution in [1.82, 2.24) is 14.5 Å². The first-order valence-electron chi connectivity index (χ1n) is 6.41. The molecular formula is C15H12BrCl2N3. The number of alkyl halides is 1. The highest BCUT2D eigenvalue weighted by Crippen LogP contribution is 2.34. The lowest BCUT2D eigenvalue weighted by atomic mass is 10.2. The van der Waals surface area contributed by atoms with E-state index in [4.69, 9.17) is 23.2 Å². The monoisotopic (exact) mass is 383 g/mol. The number of aryl methyl sites for hydroxylation is 1. The minimum absolute atomic E-state index is 0.232. The summed E-state index contributed by atoms with van der Waals surface area (Å²) in [7, 11) is 0. The zero-order chi connectivity index (χ0) is 15.1. The Bertz CT molecular complexity index is 827. The zero-order valence-corrected chi connectivity index (χ0v) is 14.5. The minimum atomic E-state index is -0.232. The van der Waals surface area contributed by atoms with Crippen LogP contribution in [0.3, 0.4) is 0 Å². The normalized spacial score (nSPS) is 12.8. The molecule has 0 bridgehead atoms. The molecule has 6 heteroatoms. The summed E-state index contributed by atoms with van der Waals surface area (Å²) in [6.07, 6.45) is 3.48. The van der Waals surface area contributed by atoms with E-state index in [0.717, 1.165) is 32.6 Å². The van der Waals surface area contributed by atoms with Crippen LogP contribution in [-0.4, -0.2) is 14.5 Å². The molecule has 0 spiro atoms. The van der Waals surface area contributed by atoms with Crippen LogP contribution in [0.25, 0.3) is 16.7 Å². The Morgan fingerprint density at radius 2 is 2.10 bits per heavy atom. The summed E-state index contributed by atoms with van der Waals surface area (Å²) < 4.78 is 2.96. The molecule has 2 heterocycles. The number of hydrogen-bond donors (Lipinski definition) is 0. The van der Waals surface area contributed by atoms with Crippen molar-refractivity contribution < 1.29 is 0 Å². The third-order valence-electron chi connectivity index (χ3n) is 3.31. The smallest absolute Gasteiger partial charge is 0.132 e. The van der Waals surface area contributed by atoms with Crippen molar-refractivity contribution in [2.24, 2.45) is 0 Å². The van der Waals surface area contributed by atoms with Crippen molar-refractivity contribution in [3.8, 4) is 5.69 Å². The molecule has 0 saturated heterocycles. The molecular weight excluding hydrogens is 373 g/mol. The maximum absolute atomic E-state index is 6.30. The van der Waals surface area contributed by atoms with Crippen LogP contribution >= 0.6 is 39.1 Å². The van der Waals surface area contributed by atoms with Gasteiger partial charge in [0.2, 0.25) is 0 Å². The van der Waals surface area contributed by atoms with E-state index in [9.17, 15) is 0 Å². The number of imidazole rings is 1. The van der Waals surface area contributed by atoms with Crippen LogP contribution in [0, 0.1) is 6.92 Å². The van der Waals surface area contributed by atoms with Gasteiger partial charge in [-0.3, -0.25) is 9.55 Å². The Hall–Kier alpha value is -1.10. The van der Waals surface area contributed by atoms with Gasteiger partial charge in [0, 0.05) is 15.7 Å². The van der Waals surface area contributed by atoms with Crippen LogP contribution in [0.4, 0.5) is 0 Å². The first kappa shape index (κ1) is 14.8. The standard InChI is InChI=1S/C15H12BrCl2N3/c1-8-5-10(16)14(6-11(8)18)21-13-3-4-19-7-12(13)20-15(21)9(2)17/h3-7,9H,1-2H3. The molecule has 1 atom stereocenters. The SMILES string of the molecule is Cc1cc(Br)c(-n2c(C(C)Cl)nc3cnccc32)cc1Cl. The predicted octanol–water partition coefficient (Wildman–Crippen LogP) is 5.44. The number of hydrogen-bond acceptors (Lipinski definition) is 2. The Morgan fingerprint density at radius 1 is 1.33 bits per heavy atom. The van der Waals surface area contributed by atoms with Crippen molar-refractivity contribution in [2.75, 3.05) is 0 Å². The zero-order valence-electron chi connectivity index (χ0n) is 11.4. The third-order valence-corrected chi connectivity index (χ3v) is 4.55. The number of rotatable bonds is 2. The molecule has 1 aromatic carbocycles. The lowest BCUT2D eigenvalue weighted by Crippen LogP contribution is -2.03. The summed E-state index contributed by atoms with van der Waals surface area (Å²) in [5.41, 5.74) is 3.69. The number of aromatic nitrogens is 3. The maximum Gasteiger partial charge on any atom is 0.132 e. The van der Waals surface area contributed by atoms with Crippen molar-refractivity contribution in [3.63, 3.8) is 0 Å². The largest absolute Gasteiger partial charge is 0.294 e. The van der Waals surface area contributed by atoms with Crippen LogP contribution in [0.5, 0.6) is 0 Å². The molecule has 3 nitrogen and oxygen atoms in total. The Balaban J connectivity index is 2.38. The maximum atomic E-state index is 6.30. The van der Waals surface area contributed by atoms with Gasteiger partial charge >= 0.3 is 0 Å². The lowest BCUT2D eigenvalue weighted by Gasteiger charge is -2.14. The molecule has 1 unspecified atom stereocenters.